The number of hydrogen-bond donors (Lipinski definition) is 2. The minimum absolute atomic E-state index is 0. The first kappa shape index (κ1) is 22.2. The number of likely N-dealkylation sites (tertiary alicyclic amines) is 1. The Labute approximate surface area is 172 Å². The highest BCUT2D eigenvalue weighted by Crippen LogP contribution is 2.21. The Kier molecular flexibility index (Phi) is 10.4. The second kappa shape index (κ2) is 11.7. The van der Waals surface area contributed by atoms with Gasteiger partial charge < -0.3 is 15.5 Å². The number of hydrogen-bond acceptors (Lipinski definition) is 3. The van der Waals surface area contributed by atoms with Gasteiger partial charge in [0, 0.05) is 42.9 Å². The summed E-state index contributed by atoms with van der Waals surface area (Å²) in [4.78, 5) is 21.4. The van der Waals surface area contributed by atoms with Crippen molar-refractivity contribution in [2.75, 3.05) is 26.7 Å². The molecule has 0 aliphatic carbocycles. The van der Waals surface area contributed by atoms with Gasteiger partial charge in [0.2, 0.25) is 5.91 Å². The lowest BCUT2D eigenvalue weighted by Crippen LogP contribution is -2.46. The Bertz CT molecular complexity index is 553. The third-order valence-corrected chi connectivity index (χ3v) is 5.67. The number of guanidine groups is 1. The summed E-state index contributed by atoms with van der Waals surface area (Å²) in [6, 6.07) is 4.39. The molecular formula is C18H31IN4OS. The van der Waals surface area contributed by atoms with Crippen LogP contribution in [0.2, 0.25) is 0 Å². The van der Waals surface area contributed by atoms with Gasteiger partial charge in [-0.05, 0) is 44.2 Å². The molecule has 1 fully saturated rings. The molecule has 5 nitrogen and oxygen atoms in total. The highest BCUT2D eigenvalue weighted by molar-refractivity contribution is 14.0. The van der Waals surface area contributed by atoms with Gasteiger partial charge in [0.05, 0.1) is 6.54 Å². The highest BCUT2D eigenvalue weighted by atomic mass is 127. The number of thiophene rings is 1. The first-order valence-electron chi connectivity index (χ1n) is 8.97. The van der Waals surface area contributed by atoms with Crippen molar-refractivity contribution in [3.63, 3.8) is 0 Å². The maximum atomic E-state index is 11.5. The standard InChI is InChI=1S/C18H30N4OS.HI/c1-4-15-6-7-16(24-15)13-21-18(20-5-2)22-10-8-14(9-11-22)12-17(23)19-3;/h6-7,14H,4-5,8-13H2,1-3H3,(H,19,23)(H,20,21);1H. The predicted octanol–water partition coefficient (Wildman–Crippen LogP) is 3.24. The average Bonchev–Trinajstić information content (AvgIpc) is 3.07. The number of aryl methyl sites for hydroxylation is 1. The first-order valence-corrected chi connectivity index (χ1v) is 9.79. The Morgan fingerprint density at radius 2 is 1.96 bits per heavy atom. The summed E-state index contributed by atoms with van der Waals surface area (Å²) in [7, 11) is 1.71. The smallest absolute Gasteiger partial charge is 0.220 e. The van der Waals surface area contributed by atoms with Crippen LogP contribution in [0.25, 0.3) is 0 Å². The lowest BCUT2D eigenvalue weighted by molar-refractivity contribution is -0.121. The van der Waals surface area contributed by atoms with Crippen LogP contribution in [0.15, 0.2) is 17.1 Å². The van der Waals surface area contributed by atoms with Crippen molar-refractivity contribution in [3.05, 3.63) is 21.9 Å². The zero-order chi connectivity index (χ0) is 17.4. The second-order valence-electron chi connectivity index (χ2n) is 6.20. The van der Waals surface area contributed by atoms with Gasteiger partial charge >= 0.3 is 0 Å². The summed E-state index contributed by atoms with van der Waals surface area (Å²) in [5.74, 6) is 1.65. The number of nitrogens with zero attached hydrogens (tertiary/aromatic N) is 2. The molecule has 2 rings (SSSR count). The Morgan fingerprint density at radius 3 is 2.52 bits per heavy atom. The fourth-order valence-corrected chi connectivity index (χ4v) is 3.87. The monoisotopic (exact) mass is 478 g/mol. The molecule has 0 atom stereocenters. The summed E-state index contributed by atoms with van der Waals surface area (Å²) in [5.41, 5.74) is 0. The molecule has 1 saturated heterocycles. The molecule has 2 N–H and O–H groups in total. The van der Waals surface area contributed by atoms with E-state index in [9.17, 15) is 4.79 Å². The number of aliphatic imine (C=N–C) groups is 1. The normalized spacial score (nSPS) is 15.6. The third-order valence-electron chi connectivity index (χ3n) is 4.45. The largest absolute Gasteiger partial charge is 0.359 e. The van der Waals surface area contributed by atoms with E-state index in [0.29, 0.717) is 12.3 Å². The molecule has 25 heavy (non-hydrogen) atoms. The Hall–Kier alpha value is -0.830. The SMILES string of the molecule is CCNC(=NCc1ccc(CC)s1)N1CCC(CC(=O)NC)CC1.I. The molecule has 0 radical (unpaired) electrons. The fraction of sp³-hybridized carbons (Fsp3) is 0.667. The maximum Gasteiger partial charge on any atom is 0.220 e. The summed E-state index contributed by atoms with van der Waals surface area (Å²) < 4.78 is 0. The van der Waals surface area contributed by atoms with Gasteiger partial charge in [-0.25, -0.2) is 4.99 Å². The van der Waals surface area contributed by atoms with Gasteiger partial charge in [0.15, 0.2) is 5.96 Å². The number of amides is 1. The van der Waals surface area contributed by atoms with Crippen LogP contribution < -0.4 is 10.6 Å². The van der Waals surface area contributed by atoms with Crippen LogP contribution in [-0.4, -0.2) is 43.4 Å². The fourth-order valence-electron chi connectivity index (χ4n) is 2.99. The van der Waals surface area contributed by atoms with Crippen LogP contribution in [-0.2, 0) is 17.8 Å². The lowest BCUT2D eigenvalue weighted by Gasteiger charge is -2.34. The summed E-state index contributed by atoms with van der Waals surface area (Å²) >= 11 is 1.85. The number of piperidine rings is 1. The third kappa shape index (κ3) is 7.13. The van der Waals surface area contributed by atoms with E-state index in [1.54, 1.807) is 7.05 Å². The van der Waals surface area contributed by atoms with Gasteiger partial charge in [0.1, 0.15) is 0 Å². The molecule has 0 unspecified atom stereocenters. The Balaban J connectivity index is 0.00000312. The summed E-state index contributed by atoms with van der Waals surface area (Å²) in [6.07, 6.45) is 3.84. The zero-order valence-corrected chi connectivity index (χ0v) is 18.7. The van der Waals surface area contributed by atoms with Crippen molar-refractivity contribution < 1.29 is 4.79 Å². The molecular weight excluding hydrogens is 447 g/mol. The quantitative estimate of drug-likeness (QED) is 0.375. The van der Waals surface area contributed by atoms with Crippen molar-refractivity contribution in [2.24, 2.45) is 10.9 Å². The molecule has 1 aliphatic heterocycles. The topological polar surface area (TPSA) is 56.7 Å². The Morgan fingerprint density at radius 1 is 1.28 bits per heavy atom. The van der Waals surface area contributed by atoms with Crippen LogP contribution in [0.3, 0.4) is 0 Å². The van der Waals surface area contributed by atoms with Crippen molar-refractivity contribution in [3.8, 4) is 0 Å². The van der Waals surface area contributed by atoms with E-state index >= 15 is 0 Å². The molecule has 0 bridgehead atoms. The van der Waals surface area contributed by atoms with Crippen LogP contribution in [0.4, 0.5) is 0 Å². The summed E-state index contributed by atoms with van der Waals surface area (Å²) in [5, 5.41) is 6.14. The van der Waals surface area contributed by atoms with E-state index in [1.807, 2.05) is 11.3 Å². The van der Waals surface area contributed by atoms with E-state index in [1.165, 1.54) is 9.75 Å². The molecule has 142 valence electrons. The second-order valence-corrected chi connectivity index (χ2v) is 7.45. The van der Waals surface area contributed by atoms with Crippen molar-refractivity contribution in [1.29, 1.82) is 0 Å². The number of carbonyl (C=O) groups is 1. The average molecular weight is 478 g/mol. The van der Waals surface area contributed by atoms with Crippen LogP contribution >= 0.6 is 35.3 Å². The van der Waals surface area contributed by atoms with Crippen molar-refractivity contribution in [1.82, 2.24) is 15.5 Å². The van der Waals surface area contributed by atoms with Gasteiger partial charge in [-0.2, -0.15) is 0 Å². The lowest BCUT2D eigenvalue weighted by atomic mass is 9.93. The molecule has 0 spiro atoms. The van der Waals surface area contributed by atoms with Crippen LogP contribution in [0, 0.1) is 5.92 Å². The number of halogens is 1. The number of nitrogens with one attached hydrogen (secondary N) is 2. The van der Waals surface area contributed by atoms with Gasteiger partial charge in [-0.1, -0.05) is 6.92 Å². The van der Waals surface area contributed by atoms with Crippen molar-refractivity contribution >= 4 is 47.2 Å². The van der Waals surface area contributed by atoms with Crippen LogP contribution in [0.5, 0.6) is 0 Å². The first-order chi connectivity index (χ1) is 11.7. The van der Waals surface area contributed by atoms with E-state index < -0.39 is 0 Å². The van der Waals surface area contributed by atoms with E-state index in [4.69, 9.17) is 4.99 Å². The minimum atomic E-state index is 0. The van der Waals surface area contributed by atoms with Gasteiger partial charge in [-0.3, -0.25) is 4.79 Å². The molecule has 1 aromatic rings. The molecule has 1 aliphatic rings. The molecule has 0 aromatic carbocycles. The highest BCUT2D eigenvalue weighted by Gasteiger charge is 2.23. The molecule has 1 amide bonds. The predicted molar refractivity (Wildman–Crippen MR) is 117 cm³/mol. The van der Waals surface area contributed by atoms with Crippen molar-refractivity contribution in [2.45, 2.75) is 46.1 Å². The summed E-state index contributed by atoms with van der Waals surface area (Å²) in [6.45, 7) is 7.85. The molecule has 1 aromatic heterocycles. The van der Waals surface area contributed by atoms with E-state index in [0.717, 1.165) is 51.4 Å². The van der Waals surface area contributed by atoms with Gasteiger partial charge in [0.25, 0.3) is 0 Å². The van der Waals surface area contributed by atoms with Crippen LogP contribution in [0.1, 0.15) is 42.9 Å². The molecule has 7 heteroatoms. The van der Waals surface area contributed by atoms with Gasteiger partial charge in [-0.15, -0.1) is 35.3 Å². The number of carbonyl (C=O) groups excluding carboxylic acids is 1. The number of rotatable bonds is 6. The molecule has 2 heterocycles. The maximum absolute atomic E-state index is 11.5. The van der Waals surface area contributed by atoms with E-state index in [2.05, 4.69) is 41.5 Å². The zero-order valence-electron chi connectivity index (χ0n) is 15.5. The van der Waals surface area contributed by atoms with E-state index in [-0.39, 0.29) is 29.9 Å². The molecule has 0 saturated carbocycles. The minimum Gasteiger partial charge on any atom is -0.359 e.